The Kier molecular flexibility index (Phi) is 4.49. The standard InChI is InChI=1S/C14H16Cl2N2S/c1-8(2)13-14(18(4)9(3)17-13)19-12-6-10(15)5-11(16)7-12/h5-8H,1-4H3. The second kappa shape index (κ2) is 5.78. The molecule has 0 radical (unpaired) electrons. The fraction of sp³-hybridized carbons (Fsp3) is 0.357. The van der Waals surface area contributed by atoms with E-state index in [1.54, 1.807) is 17.8 Å². The zero-order chi connectivity index (χ0) is 14.2. The van der Waals surface area contributed by atoms with Gasteiger partial charge in [-0.3, -0.25) is 0 Å². The van der Waals surface area contributed by atoms with Gasteiger partial charge in [0.15, 0.2) is 0 Å². The van der Waals surface area contributed by atoms with Gasteiger partial charge in [0.2, 0.25) is 0 Å². The van der Waals surface area contributed by atoms with E-state index in [4.69, 9.17) is 23.2 Å². The summed E-state index contributed by atoms with van der Waals surface area (Å²) in [6.07, 6.45) is 0. The van der Waals surface area contributed by atoms with Crippen LogP contribution in [0.4, 0.5) is 0 Å². The number of rotatable bonds is 3. The molecule has 2 nitrogen and oxygen atoms in total. The van der Waals surface area contributed by atoms with Crippen LogP contribution in [0.5, 0.6) is 0 Å². The van der Waals surface area contributed by atoms with Crippen molar-refractivity contribution in [1.82, 2.24) is 9.55 Å². The van der Waals surface area contributed by atoms with Crippen LogP contribution >= 0.6 is 35.0 Å². The zero-order valence-corrected chi connectivity index (χ0v) is 13.7. The Balaban J connectivity index is 2.42. The summed E-state index contributed by atoms with van der Waals surface area (Å²) in [5, 5.41) is 2.45. The number of hydrogen-bond donors (Lipinski definition) is 0. The van der Waals surface area contributed by atoms with Crippen molar-refractivity contribution < 1.29 is 0 Å². The molecule has 0 spiro atoms. The highest BCUT2D eigenvalue weighted by Gasteiger charge is 2.16. The van der Waals surface area contributed by atoms with E-state index in [9.17, 15) is 0 Å². The summed E-state index contributed by atoms with van der Waals surface area (Å²) in [6, 6.07) is 5.58. The van der Waals surface area contributed by atoms with E-state index in [1.807, 2.05) is 26.1 Å². The Morgan fingerprint density at radius 3 is 2.26 bits per heavy atom. The van der Waals surface area contributed by atoms with E-state index in [-0.39, 0.29) is 0 Å². The van der Waals surface area contributed by atoms with Gasteiger partial charge in [-0.2, -0.15) is 0 Å². The first-order valence-corrected chi connectivity index (χ1v) is 7.63. The van der Waals surface area contributed by atoms with E-state index in [2.05, 4.69) is 23.4 Å². The van der Waals surface area contributed by atoms with Gasteiger partial charge in [0.25, 0.3) is 0 Å². The maximum Gasteiger partial charge on any atom is 0.106 e. The Morgan fingerprint density at radius 2 is 1.74 bits per heavy atom. The minimum atomic E-state index is 0.386. The third kappa shape index (κ3) is 3.28. The fourth-order valence-corrected chi connectivity index (χ4v) is 3.72. The van der Waals surface area contributed by atoms with E-state index < -0.39 is 0 Å². The van der Waals surface area contributed by atoms with Gasteiger partial charge in [0.05, 0.1) is 5.69 Å². The molecule has 0 atom stereocenters. The van der Waals surface area contributed by atoms with Crippen molar-refractivity contribution >= 4 is 35.0 Å². The van der Waals surface area contributed by atoms with Crippen LogP contribution in [0.15, 0.2) is 28.1 Å². The number of benzene rings is 1. The first kappa shape index (κ1) is 14.8. The van der Waals surface area contributed by atoms with Crippen LogP contribution < -0.4 is 0 Å². The lowest BCUT2D eigenvalue weighted by Gasteiger charge is -2.09. The van der Waals surface area contributed by atoms with Crippen molar-refractivity contribution in [2.45, 2.75) is 36.6 Å². The highest BCUT2D eigenvalue weighted by atomic mass is 35.5. The molecule has 2 rings (SSSR count). The third-order valence-electron chi connectivity index (χ3n) is 2.89. The Labute approximate surface area is 128 Å². The van der Waals surface area contributed by atoms with Gasteiger partial charge in [0, 0.05) is 22.0 Å². The predicted molar refractivity (Wildman–Crippen MR) is 82.6 cm³/mol. The van der Waals surface area contributed by atoms with Crippen molar-refractivity contribution in [1.29, 1.82) is 0 Å². The largest absolute Gasteiger partial charge is 0.326 e. The molecule has 0 saturated heterocycles. The molecule has 0 fully saturated rings. The lowest BCUT2D eigenvalue weighted by molar-refractivity contribution is 0.754. The van der Waals surface area contributed by atoms with E-state index in [0.717, 1.165) is 21.4 Å². The van der Waals surface area contributed by atoms with Gasteiger partial charge < -0.3 is 4.57 Å². The highest BCUT2D eigenvalue weighted by molar-refractivity contribution is 7.99. The quantitative estimate of drug-likeness (QED) is 0.764. The average Bonchev–Trinajstić information content (AvgIpc) is 2.56. The summed E-state index contributed by atoms with van der Waals surface area (Å²) in [4.78, 5) is 5.66. The predicted octanol–water partition coefficient (Wildman–Crippen LogP) is 5.31. The molecule has 0 aliphatic rings. The molecule has 1 aromatic heterocycles. The van der Waals surface area contributed by atoms with Crippen LogP contribution in [0.2, 0.25) is 10.0 Å². The summed E-state index contributed by atoms with van der Waals surface area (Å²) in [5.41, 5.74) is 1.11. The SMILES string of the molecule is Cc1nc(C(C)C)c(Sc2cc(Cl)cc(Cl)c2)n1C. The summed E-state index contributed by atoms with van der Waals surface area (Å²) >= 11 is 13.7. The third-order valence-corrected chi connectivity index (χ3v) is 4.47. The van der Waals surface area contributed by atoms with Crippen LogP contribution in [0.1, 0.15) is 31.3 Å². The molecule has 5 heteroatoms. The van der Waals surface area contributed by atoms with Crippen molar-refractivity contribution in [2.24, 2.45) is 7.05 Å². The van der Waals surface area contributed by atoms with Crippen molar-refractivity contribution in [3.63, 3.8) is 0 Å². The molecule has 0 N–H and O–H groups in total. The van der Waals surface area contributed by atoms with Gasteiger partial charge >= 0.3 is 0 Å². The molecular formula is C14H16Cl2N2S. The minimum Gasteiger partial charge on any atom is -0.326 e. The molecule has 0 bridgehead atoms. The monoisotopic (exact) mass is 314 g/mol. The van der Waals surface area contributed by atoms with Crippen LogP contribution in [0, 0.1) is 6.92 Å². The lowest BCUT2D eigenvalue weighted by Crippen LogP contribution is -1.95. The average molecular weight is 315 g/mol. The van der Waals surface area contributed by atoms with Crippen LogP contribution in [-0.2, 0) is 7.05 Å². The van der Waals surface area contributed by atoms with E-state index in [0.29, 0.717) is 16.0 Å². The van der Waals surface area contributed by atoms with E-state index >= 15 is 0 Å². The molecule has 0 unspecified atom stereocenters. The van der Waals surface area contributed by atoms with Gasteiger partial charge in [-0.15, -0.1) is 0 Å². The molecule has 1 heterocycles. The van der Waals surface area contributed by atoms with Crippen LogP contribution in [0.25, 0.3) is 0 Å². The number of nitrogens with zero attached hydrogens (tertiary/aromatic N) is 2. The summed E-state index contributed by atoms with van der Waals surface area (Å²) in [6.45, 7) is 6.31. The van der Waals surface area contributed by atoms with Gasteiger partial charge in [0.1, 0.15) is 10.9 Å². The molecule has 0 saturated carbocycles. The molecule has 1 aromatic carbocycles. The number of hydrogen-bond acceptors (Lipinski definition) is 2. The van der Waals surface area contributed by atoms with E-state index in [1.165, 1.54) is 0 Å². The number of halogens is 2. The maximum atomic E-state index is 6.04. The molecule has 102 valence electrons. The Bertz CT molecular complexity index is 585. The maximum absolute atomic E-state index is 6.04. The minimum absolute atomic E-state index is 0.386. The lowest BCUT2D eigenvalue weighted by atomic mass is 10.2. The number of imidazole rings is 1. The molecule has 0 amide bonds. The highest BCUT2D eigenvalue weighted by Crippen LogP contribution is 2.36. The van der Waals surface area contributed by atoms with Crippen LogP contribution in [-0.4, -0.2) is 9.55 Å². The molecular weight excluding hydrogens is 299 g/mol. The Morgan fingerprint density at radius 1 is 1.16 bits per heavy atom. The zero-order valence-electron chi connectivity index (χ0n) is 11.4. The normalized spacial score (nSPS) is 11.3. The van der Waals surface area contributed by atoms with Gasteiger partial charge in [-0.1, -0.05) is 48.8 Å². The first-order chi connectivity index (χ1) is 8.88. The second-order valence-corrected chi connectivity index (χ2v) is 6.71. The van der Waals surface area contributed by atoms with Crippen molar-refractivity contribution in [2.75, 3.05) is 0 Å². The van der Waals surface area contributed by atoms with Crippen LogP contribution in [0.3, 0.4) is 0 Å². The smallest absolute Gasteiger partial charge is 0.106 e. The molecule has 2 aromatic rings. The fourth-order valence-electron chi connectivity index (χ4n) is 1.81. The molecule has 19 heavy (non-hydrogen) atoms. The summed E-state index contributed by atoms with van der Waals surface area (Å²) in [5.74, 6) is 1.40. The summed E-state index contributed by atoms with van der Waals surface area (Å²) < 4.78 is 2.11. The van der Waals surface area contributed by atoms with Gasteiger partial charge in [-0.05, 0) is 31.0 Å². The number of aryl methyl sites for hydroxylation is 1. The van der Waals surface area contributed by atoms with Crippen molar-refractivity contribution in [3.05, 3.63) is 39.8 Å². The Hall–Kier alpha value is -0.640. The van der Waals surface area contributed by atoms with Gasteiger partial charge in [-0.25, -0.2) is 4.98 Å². The topological polar surface area (TPSA) is 17.8 Å². The molecule has 0 aliphatic carbocycles. The summed E-state index contributed by atoms with van der Waals surface area (Å²) in [7, 11) is 2.03. The second-order valence-electron chi connectivity index (χ2n) is 4.77. The number of aromatic nitrogens is 2. The van der Waals surface area contributed by atoms with Crippen molar-refractivity contribution in [3.8, 4) is 0 Å². The first-order valence-electron chi connectivity index (χ1n) is 6.05. The molecule has 0 aliphatic heterocycles.